The Hall–Kier alpha value is -1.60. The minimum absolute atomic E-state index is 0.136. The van der Waals surface area contributed by atoms with Crippen molar-refractivity contribution in [2.24, 2.45) is 0 Å². The van der Waals surface area contributed by atoms with E-state index in [0.717, 1.165) is 0 Å². The molecule has 0 fully saturated rings. The summed E-state index contributed by atoms with van der Waals surface area (Å²) < 4.78 is 49.6. The van der Waals surface area contributed by atoms with E-state index in [1.807, 2.05) is 0 Å². The molecule has 1 rings (SSSR count). The molecule has 0 bridgehead atoms. The second kappa shape index (κ2) is 5.83. The predicted octanol–water partition coefficient (Wildman–Crippen LogP) is 2.39. The van der Waals surface area contributed by atoms with Gasteiger partial charge in [-0.15, -0.1) is 0 Å². The Kier molecular flexibility index (Phi) is 4.69. The van der Waals surface area contributed by atoms with E-state index in [1.165, 1.54) is 6.33 Å². The summed E-state index contributed by atoms with van der Waals surface area (Å²) in [5.41, 5.74) is 0.574. The van der Waals surface area contributed by atoms with Crippen molar-refractivity contribution in [1.82, 2.24) is 9.97 Å². The molecule has 18 heavy (non-hydrogen) atoms. The van der Waals surface area contributed by atoms with E-state index < -0.39 is 18.9 Å². The normalized spacial score (nSPS) is 11.7. The standard InChI is InChI=1S/C10H14F4N4/c1-3-6-7(15-2)17-5-18-8(6)16-4-10(13,14)9(11)12/h5,9H,3-4H2,1-2H3,(H2,15,16,17,18). The fraction of sp³-hybridized carbons (Fsp3) is 0.600. The summed E-state index contributed by atoms with van der Waals surface area (Å²) in [4.78, 5) is 7.69. The van der Waals surface area contributed by atoms with Crippen LogP contribution in [0.4, 0.5) is 29.2 Å². The molecule has 8 heteroatoms. The van der Waals surface area contributed by atoms with E-state index in [9.17, 15) is 17.6 Å². The van der Waals surface area contributed by atoms with Crippen LogP contribution in [0.5, 0.6) is 0 Å². The van der Waals surface area contributed by atoms with Crippen LogP contribution in [-0.4, -0.2) is 35.9 Å². The zero-order valence-corrected chi connectivity index (χ0v) is 9.98. The van der Waals surface area contributed by atoms with Crippen molar-refractivity contribution < 1.29 is 17.6 Å². The summed E-state index contributed by atoms with van der Waals surface area (Å²) in [5, 5.41) is 5.02. The molecule has 0 saturated carbocycles. The quantitative estimate of drug-likeness (QED) is 0.776. The van der Waals surface area contributed by atoms with Gasteiger partial charge < -0.3 is 10.6 Å². The van der Waals surface area contributed by atoms with Crippen LogP contribution in [-0.2, 0) is 6.42 Å². The van der Waals surface area contributed by atoms with Gasteiger partial charge in [0.15, 0.2) is 0 Å². The number of nitrogens with zero attached hydrogens (tertiary/aromatic N) is 2. The zero-order chi connectivity index (χ0) is 13.8. The van der Waals surface area contributed by atoms with Crippen molar-refractivity contribution in [2.45, 2.75) is 25.7 Å². The number of hydrogen-bond donors (Lipinski definition) is 2. The van der Waals surface area contributed by atoms with Crippen LogP contribution in [0, 0.1) is 0 Å². The fourth-order valence-electron chi connectivity index (χ4n) is 1.39. The third-order valence-electron chi connectivity index (χ3n) is 2.35. The topological polar surface area (TPSA) is 49.8 Å². The molecule has 0 unspecified atom stereocenters. The van der Waals surface area contributed by atoms with Crippen LogP contribution in [0.3, 0.4) is 0 Å². The number of alkyl halides is 4. The average Bonchev–Trinajstić information content (AvgIpc) is 2.35. The highest BCUT2D eigenvalue weighted by molar-refractivity contribution is 5.57. The molecule has 0 radical (unpaired) electrons. The number of anilines is 2. The van der Waals surface area contributed by atoms with E-state index >= 15 is 0 Å². The molecule has 102 valence electrons. The molecule has 0 aliphatic rings. The summed E-state index contributed by atoms with van der Waals surface area (Å²) in [7, 11) is 1.62. The van der Waals surface area contributed by atoms with Crippen molar-refractivity contribution in [2.75, 3.05) is 24.2 Å². The van der Waals surface area contributed by atoms with Gasteiger partial charge in [0.2, 0.25) is 0 Å². The number of hydrogen-bond acceptors (Lipinski definition) is 4. The number of nitrogens with one attached hydrogen (secondary N) is 2. The minimum Gasteiger partial charge on any atom is -0.373 e. The second-order valence-electron chi connectivity index (χ2n) is 3.57. The summed E-state index contributed by atoms with van der Waals surface area (Å²) in [6, 6.07) is 0. The molecule has 0 saturated heterocycles. The van der Waals surface area contributed by atoms with Gasteiger partial charge in [0.05, 0.1) is 6.54 Å². The first-order chi connectivity index (χ1) is 8.42. The third-order valence-corrected chi connectivity index (χ3v) is 2.35. The third kappa shape index (κ3) is 3.21. The average molecular weight is 266 g/mol. The number of halogens is 4. The Balaban J connectivity index is 2.85. The molecule has 0 aromatic carbocycles. The Labute approximate surface area is 102 Å². The first-order valence-electron chi connectivity index (χ1n) is 5.33. The van der Waals surface area contributed by atoms with E-state index in [4.69, 9.17) is 0 Å². The van der Waals surface area contributed by atoms with Crippen molar-refractivity contribution in [3.8, 4) is 0 Å². The first-order valence-corrected chi connectivity index (χ1v) is 5.33. The van der Waals surface area contributed by atoms with E-state index in [-0.39, 0.29) is 5.82 Å². The molecule has 0 aliphatic carbocycles. The highest BCUT2D eigenvalue weighted by atomic mass is 19.3. The second-order valence-corrected chi connectivity index (χ2v) is 3.57. The van der Waals surface area contributed by atoms with Gasteiger partial charge in [-0.25, -0.2) is 18.7 Å². The molecule has 0 atom stereocenters. The Morgan fingerprint density at radius 1 is 1.28 bits per heavy atom. The SMILES string of the molecule is CCc1c(NC)ncnc1NCC(F)(F)C(F)F. The number of aromatic nitrogens is 2. The van der Waals surface area contributed by atoms with E-state index in [0.29, 0.717) is 17.8 Å². The molecule has 0 amide bonds. The lowest BCUT2D eigenvalue weighted by molar-refractivity contribution is -0.117. The van der Waals surface area contributed by atoms with Gasteiger partial charge in [0.25, 0.3) is 0 Å². The minimum atomic E-state index is -4.09. The van der Waals surface area contributed by atoms with Crippen molar-refractivity contribution in [3.63, 3.8) is 0 Å². The number of rotatable bonds is 6. The lowest BCUT2D eigenvalue weighted by Crippen LogP contribution is -2.35. The first kappa shape index (κ1) is 14.5. The van der Waals surface area contributed by atoms with Gasteiger partial charge in [-0.3, -0.25) is 0 Å². The maximum Gasteiger partial charge on any atom is 0.324 e. The molecule has 0 aliphatic heterocycles. The highest BCUT2D eigenvalue weighted by Crippen LogP contribution is 2.25. The van der Waals surface area contributed by atoms with Crippen LogP contribution < -0.4 is 10.6 Å². The fourth-order valence-corrected chi connectivity index (χ4v) is 1.39. The van der Waals surface area contributed by atoms with Crippen molar-refractivity contribution in [3.05, 3.63) is 11.9 Å². The molecule has 1 aromatic heterocycles. The lowest BCUT2D eigenvalue weighted by Gasteiger charge is -2.18. The monoisotopic (exact) mass is 266 g/mol. The van der Waals surface area contributed by atoms with Crippen molar-refractivity contribution >= 4 is 11.6 Å². The van der Waals surface area contributed by atoms with Gasteiger partial charge in [-0.2, -0.15) is 8.78 Å². The molecule has 4 nitrogen and oxygen atoms in total. The van der Waals surface area contributed by atoms with E-state index in [1.54, 1.807) is 14.0 Å². The van der Waals surface area contributed by atoms with Gasteiger partial charge in [-0.05, 0) is 6.42 Å². The maximum absolute atomic E-state index is 12.8. The van der Waals surface area contributed by atoms with Gasteiger partial charge in [0, 0.05) is 12.6 Å². The summed E-state index contributed by atoms with van der Waals surface area (Å²) >= 11 is 0. The Bertz CT molecular complexity index is 397. The predicted molar refractivity (Wildman–Crippen MR) is 60.4 cm³/mol. The molecular formula is C10H14F4N4. The van der Waals surface area contributed by atoms with Crippen LogP contribution in [0.25, 0.3) is 0 Å². The Morgan fingerprint density at radius 2 is 1.89 bits per heavy atom. The Morgan fingerprint density at radius 3 is 2.39 bits per heavy atom. The molecule has 1 aromatic rings. The maximum atomic E-state index is 12.8. The summed E-state index contributed by atoms with van der Waals surface area (Å²) in [5.74, 6) is -3.47. The van der Waals surface area contributed by atoms with Gasteiger partial charge in [0.1, 0.15) is 18.0 Å². The van der Waals surface area contributed by atoms with Crippen LogP contribution >= 0.6 is 0 Å². The van der Waals surface area contributed by atoms with Gasteiger partial charge >= 0.3 is 12.3 Å². The summed E-state index contributed by atoms with van der Waals surface area (Å²) in [6.45, 7) is 0.619. The molecule has 1 heterocycles. The smallest absolute Gasteiger partial charge is 0.324 e. The lowest BCUT2D eigenvalue weighted by atomic mass is 10.2. The molecule has 0 spiro atoms. The summed E-state index contributed by atoms with van der Waals surface area (Å²) in [6.07, 6.45) is -2.05. The molecule has 2 N–H and O–H groups in total. The van der Waals surface area contributed by atoms with E-state index in [2.05, 4.69) is 20.6 Å². The van der Waals surface area contributed by atoms with Crippen LogP contribution in [0.1, 0.15) is 12.5 Å². The van der Waals surface area contributed by atoms with Crippen molar-refractivity contribution in [1.29, 1.82) is 0 Å². The highest BCUT2D eigenvalue weighted by Gasteiger charge is 2.40. The van der Waals surface area contributed by atoms with Crippen LogP contribution in [0.15, 0.2) is 6.33 Å². The largest absolute Gasteiger partial charge is 0.373 e. The molecular weight excluding hydrogens is 252 g/mol. The van der Waals surface area contributed by atoms with Gasteiger partial charge in [-0.1, -0.05) is 6.92 Å². The zero-order valence-electron chi connectivity index (χ0n) is 9.98. The van der Waals surface area contributed by atoms with Crippen LogP contribution in [0.2, 0.25) is 0 Å².